The first kappa shape index (κ1) is 16.4. The van der Waals surface area contributed by atoms with E-state index in [1.54, 1.807) is 25.1 Å². The lowest BCUT2D eigenvalue weighted by Gasteiger charge is -2.22. The molecule has 0 unspecified atom stereocenters. The van der Waals surface area contributed by atoms with Crippen LogP contribution in [0.25, 0.3) is 0 Å². The van der Waals surface area contributed by atoms with Crippen LogP contribution in [0.15, 0.2) is 36.5 Å². The van der Waals surface area contributed by atoms with Crippen LogP contribution in [0.3, 0.4) is 0 Å². The Labute approximate surface area is 140 Å². The quantitative estimate of drug-likeness (QED) is 0.755. The molecule has 1 fully saturated rings. The summed E-state index contributed by atoms with van der Waals surface area (Å²) in [5, 5.41) is 0. The zero-order valence-corrected chi connectivity index (χ0v) is 13.6. The number of halogens is 1. The Kier molecular flexibility index (Phi) is 5.08. The van der Waals surface area contributed by atoms with Crippen molar-refractivity contribution in [3.8, 4) is 11.6 Å². The molecule has 0 radical (unpaired) electrons. The molecular weight excluding hydrogens is 309 g/mol. The van der Waals surface area contributed by atoms with Crippen LogP contribution in [-0.2, 0) is 4.74 Å². The predicted octanol–water partition coefficient (Wildman–Crippen LogP) is 4.81. The Balaban J connectivity index is 1.78. The summed E-state index contributed by atoms with van der Waals surface area (Å²) in [4.78, 5) is 16.5. The highest BCUT2D eigenvalue weighted by atomic mass is 19.1. The maximum absolute atomic E-state index is 14.0. The van der Waals surface area contributed by atoms with E-state index in [2.05, 4.69) is 4.98 Å². The monoisotopic (exact) mass is 329 g/mol. The molecule has 2 aromatic rings. The van der Waals surface area contributed by atoms with E-state index >= 15 is 0 Å². The lowest BCUT2D eigenvalue weighted by Crippen LogP contribution is -2.21. The van der Waals surface area contributed by atoms with E-state index in [1.165, 1.54) is 24.8 Å². The Morgan fingerprint density at radius 3 is 2.75 bits per heavy atom. The van der Waals surface area contributed by atoms with E-state index in [1.807, 2.05) is 0 Å². The summed E-state index contributed by atoms with van der Waals surface area (Å²) in [6, 6.07) is 7.85. The summed E-state index contributed by atoms with van der Waals surface area (Å²) in [5.74, 6) is -0.878. The molecule has 0 spiro atoms. The molecule has 1 aromatic heterocycles. The smallest absolute Gasteiger partial charge is 0.343 e. The molecule has 0 bridgehead atoms. The number of carbonyl (C=O) groups is 1. The molecule has 3 rings (SSSR count). The summed E-state index contributed by atoms with van der Waals surface area (Å²) in [6.45, 7) is 1.79. The van der Waals surface area contributed by atoms with Crippen LogP contribution >= 0.6 is 0 Å². The maximum atomic E-state index is 14.0. The Morgan fingerprint density at radius 1 is 1.21 bits per heavy atom. The molecule has 24 heavy (non-hydrogen) atoms. The SMILES string of the molecule is Cc1ccc(Oc2ncccc2C(=O)OC2CCCCC2)c(F)c1. The highest BCUT2D eigenvalue weighted by Gasteiger charge is 2.22. The van der Waals surface area contributed by atoms with Gasteiger partial charge in [-0.2, -0.15) is 0 Å². The molecule has 1 aromatic carbocycles. The van der Waals surface area contributed by atoms with Gasteiger partial charge < -0.3 is 9.47 Å². The van der Waals surface area contributed by atoms with E-state index in [4.69, 9.17) is 9.47 Å². The second-order valence-corrected chi connectivity index (χ2v) is 6.06. The van der Waals surface area contributed by atoms with Crippen molar-refractivity contribution in [2.24, 2.45) is 0 Å². The normalized spacial score (nSPS) is 15.1. The minimum atomic E-state index is -0.493. The number of hydrogen-bond acceptors (Lipinski definition) is 4. The Morgan fingerprint density at radius 2 is 2.00 bits per heavy atom. The second-order valence-electron chi connectivity index (χ2n) is 6.06. The summed E-state index contributed by atoms with van der Waals surface area (Å²) in [6.07, 6.45) is 6.53. The van der Waals surface area contributed by atoms with Crippen LogP contribution in [0.1, 0.15) is 48.0 Å². The van der Waals surface area contributed by atoms with Gasteiger partial charge in [0.2, 0.25) is 5.88 Å². The van der Waals surface area contributed by atoms with Crippen molar-refractivity contribution in [2.45, 2.75) is 45.1 Å². The molecule has 5 heteroatoms. The van der Waals surface area contributed by atoms with Crippen molar-refractivity contribution in [3.63, 3.8) is 0 Å². The largest absolute Gasteiger partial charge is 0.459 e. The molecule has 1 saturated carbocycles. The van der Waals surface area contributed by atoms with Gasteiger partial charge in [-0.25, -0.2) is 14.2 Å². The Bertz CT molecular complexity index is 726. The van der Waals surface area contributed by atoms with Gasteiger partial charge in [-0.3, -0.25) is 0 Å². The van der Waals surface area contributed by atoms with E-state index in [9.17, 15) is 9.18 Å². The van der Waals surface area contributed by atoms with Crippen molar-refractivity contribution in [3.05, 3.63) is 53.5 Å². The number of pyridine rings is 1. The molecule has 1 aliphatic rings. The number of rotatable bonds is 4. The summed E-state index contributed by atoms with van der Waals surface area (Å²) in [5.41, 5.74) is 1.00. The van der Waals surface area contributed by atoms with Gasteiger partial charge >= 0.3 is 5.97 Å². The average Bonchev–Trinajstić information content (AvgIpc) is 2.59. The highest BCUT2D eigenvalue weighted by Crippen LogP contribution is 2.28. The number of esters is 1. The van der Waals surface area contributed by atoms with Crippen LogP contribution in [-0.4, -0.2) is 17.1 Å². The topological polar surface area (TPSA) is 48.4 Å². The molecule has 4 nitrogen and oxygen atoms in total. The van der Waals surface area contributed by atoms with Crippen LogP contribution in [0, 0.1) is 12.7 Å². The number of ether oxygens (including phenoxy) is 2. The number of benzene rings is 1. The van der Waals surface area contributed by atoms with Gasteiger partial charge in [-0.05, 0) is 62.4 Å². The summed E-state index contributed by atoms with van der Waals surface area (Å²) < 4.78 is 25.0. The maximum Gasteiger partial charge on any atom is 0.343 e. The molecule has 126 valence electrons. The van der Waals surface area contributed by atoms with E-state index in [-0.39, 0.29) is 23.3 Å². The lowest BCUT2D eigenvalue weighted by atomic mass is 9.98. The van der Waals surface area contributed by atoms with Crippen molar-refractivity contribution >= 4 is 5.97 Å². The van der Waals surface area contributed by atoms with E-state index < -0.39 is 11.8 Å². The van der Waals surface area contributed by atoms with Gasteiger partial charge in [0, 0.05) is 6.20 Å². The minimum absolute atomic E-state index is 0.0333. The zero-order valence-electron chi connectivity index (χ0n) is 13.6. The minimum Gasteiger partial charge on any atom is -0.459 e. The standard InChI is InChI=1S/C19H20FNO3/c1-13-9-10-17(16(20)12-13)24-18-15(8-5-11-21-18)19(22)23-14-6-3-2-4-7-14/h5,8-12,14H,2-4,6-7H2,1H3. The van der Waals surface area contributed by atoms with Gasteiger partial charge in [0.1, 0.15) is 11.7 Å². The van der Waals surface area contributed by atoms with Crippen LogP contribution < -0.4 is 4.74 Å². The fourth-order valence-electron chi connectivity index (χ4n) is 2.82. The van der Waals surface area contributed by atoms with Gasteiger partial charge in [-0.15, -0.1) is 0 Å². The molecule has 1 aliphatic carbocycles. The van der Waals surface area contributed by atoms with Gasteiger partial charge in [0.25, 0.3) is 0 Å². The third kappa shape index (κ3) is 3.91. The molecule has 0 saturated heterocycles. The van der Waals surface area contributed by atoms with Crippen LogP contribution in [0.4, 0.5) is 4.39 Å². The van der Waals surface area contributed by atoms with Gasteiger partial charge in [0.05, 0.1) is 0 Å². The Hall–Kier alpha value is -2.43. The molecule has 0 atom stereocenters. The molecule has 0 amide bonds. The van der Waals surface area contributed by atoms with Crippen molar-refractivity contribution in [1.29, 1.82) is 0 Å². The predicted molar refractivity (Wildman–Crippen MR) is 87.7 cm³/mol. The average molecular weight is 329 g/mol. The van der Waals surface area contributed by atoms with Crippen molar-refractivity contribution in [1.82, 2.24) is 4.98 Å². The first-order valence-corrected chi connectivity index (χ1v) is 8.23. The molecular formula is C19H20FNO3. The third-order valence-corrected chi connectivity index (χ3v) is 4.11. The van der Waals surface area contributed by atoms with Crippen molar-refractivity contribution < 1.29 is 18.7 Å². The summed E-state index contributed by atoms with van der Waals surface area (Å²) in [7, 11) is 0. The van der Waals surface area contributed by atoms with Crippen LogP contribution in [0.2, 0.25) is 0 Å². The van der Waals surface area contributed by atoms with Gasteiger partial charge in [-0.1, -0.05) is 12.5 Å². The summed E-state index contributed by atoms with van der Waals surface area (Å²) >= 11 is 0. The fraction of sp³-hybridized carbons (Fsp3) is 0.368. The first-order valence-electron chi connectivity index (χ1n) is 8.23. The number of aryl methyl sites for hydroxylation is 1. The number of aromatic nitrogens is 1. The second kappa shape index (κ2) is 7.43. The van der Waals surface area contributed by atoms with E-state index in [0.29, 0.717) is 0 Å². The van der Waals surface area contributed by atoms with Gasteiger partial charge in [0.15, 0.2) is 11.6 Å². The first-order chi connectivity index (χ1) is 11.6. The lowest BCUT2D eigenvalue weighted by molar-refractivity contribution is 0.0208. The highest BCUT2D eigenvalue weighted by molar-refractivity contribution is 5.92. The molecule has 0 N–H and O–H groups in total. The zero-order chi connectivity index (χ0) is 16.9. The molecule has 1 heterocycles. The number of nitrogens with zero attached hydrogens (tertiary/aromatic N) is 1. The van der Waals surface area contributed by atoms with Crippen LogP contribution in [0.5, 0.6) is 11.6 Å². The fourth-order valence-corrected chi connectivity index (χ4v) is 2.82. The third-order valence-electron chi connectivity index (χ3n) is 4.11. The van der Waals surface area contributed by atoms with E-state index in [0.717, 1.165) is 31.2 Å². The molecule has 0 aliphatic heterocycles. The van der Waals surface area contributed by atoms with Crippen molar-refractivity contribution in [2.75, 3.05) is 0 Å². The number of carbonyl (C=O) groups excluding carboxylic acids is 1. The number of hydrogen-bond donors (Lipinski definition) is 0.